The van der Waals surface area contributed by atoms with Gasteiger partial charge in [-0.15, -0.1) is 6.42 Å². The minimum absolute atomic E-state index is 0.0669. The Bertz CT molecular complexity index is 612. The quantitative estimate of drug-likeness (QED) is 0.546. The van der Waals surface area contributed by atoms with Gasteiger partial charge in [-0.3, -0.25) is 4.79 Å². The van der Waals surface area contributed by atoms with Gasteiger partial charge in [-0.25, -0.2) is 0 Å². The second kappa shape index (κ2) is 4.96. The molecule has 0 aliphatic heterocycles. The van der Waals surface area contributed by atoms with Gasteiger partial charge in [0.05, 0.1) is 12.0 Å². The average Bonchev–Trinajstić information content (AvgIpc) is 2.83. The van der Waals surface area contributed by atoms with Gasteiger partial charge in [0, 0.05) is 11.8 Å². The van der Waals surface area contributed by atoms with Crippen LogP contribution in [0.1, 0.15) is 58.8 Å². The van der Waals surface area contributed by atoms with E-state index in [2.05, 4.69) is 25.8 Å². The van der Waals surface area contributed by atoms with Crippen LogP contribution in [0.5, 0.6) is 0 Å². The average molecular weight is 312 g/mol. The molecule has 3 saturated carbocycles. The number of allylic oxidation sites excluding steroid dienone is 1. The molecule has 7 atom stereocenters. The van der Waals surface area contributed by atoms with Crippen LogP contribution in [0.4, 0.5) is 0 Å². The molecule has 0 aromatic carbocycles. The largest absolute Gasteiger partial charge is 0.391 e. The molecule has 2 heteroatoms. The first-order valence-electron chi connectivity index (χ1n) is 9.30. The Hall–Kier alpha value is -1.07. The highest BCUT2D eigenvalue weighted by Crippen LogP contribution is 2.64. The van der Waals surface area contributed by atoms with Crippen LogP contribution < -0.4 is 0 Å². The van der Waals surface area contributed by atoms with Gasteiger partial charge < -0.3 is 5.11 Å². The molecule has 4 aliphatic carbocycles. The molecule has 1 N–H and O–H groups in total. The van der Waals surface area contributed by atoms with Crippen LogP contribution in [0.15, 0.2) is 11.6 Å². The molecule has 0 aromatic heterocycles. The van der Waals surface area contributed by atoms with E-state index in [1.54, 1.807) is 0 Å². The smallest absolute Gasteiger partial charge is 0.139 e. The molecule has 0 spiro atoms. The van der Waals surface area contributed by atoms with Gasteiger partial charge in [0.15, 0.2) is 0 Å². The fourth-order valence-electron chi connectivity index (χ4n) is 6.72. The lowest BCUT2D eigenvalue weighted by atomic mass is 9.47. The topological polar surface area (TPSA) is 37.3 Å². The molecule has 0 saturated heterocycles. The third-order valence-electron chi connectivity index (χ3n) is 8.09. The molecular weight excluding hydrogens is 284 g/mol. The van der Waals surface area contributed by atoms with Gasteiger partial charge in [-0.2, -0.15) is 0 Å². The first kappa shape index (κ1) is 15.5. The number of rotatable bonds is 0. The van der Waals surface area contributed by atoms with Gasteiger partial charge in [-0.05, 0) is 61.7 Å². The lowest BCUT2D eigenvalue weighted by Gasteiger charge is -2.57. The van der Waals surface area contributed by atoms with Crippen molar-refractivity contribution in [1.29, 1.82) is 0 Å². The predicted octanol–water partition coefficient (Wildman–Crippen LogP) is 3.74. The first-order valence-corrected chi connectivity index (χ1v) is 9.30. The van der Waals surface area contributed by atoms with Crippen molar-refractivity contribution in [1.82, 2.24) is 0 Å². The molecule has 4 aliphatic rings. The summed E-state index contributed by atoms with van der Waals surface area (Å²) < 4.78 is 0. The Balaban J connectivity index is 1.73. The zero-order chi connectivity index (χ0) is 16.4. The zero-order valence-corrected chi connectivity index (χ0v) is 14.3. The number of aliphatic hydroxyl groups is 1. The van der Waals surface area contributed by atoms with Gasteiger partial charge in [-0.1, -0.05) is 31.4 Å². The molecule has 0 radical (unpaired) electrons. The van der Waals surface area contributed by atoms with Gasteiger partial charge in [0.25, 0.3) is 0 Å². The minimum Gasteiger partial charge on any atom is -0.391 e. The van der Waals surface area contributed by atoms with E-state index >= 15 is 0 Å². The van der Waals surface area contributed by atoms with Crippen LogP contribution in [0.3, 0.4) is 0 Å². The fourth-order valence-corrected chi connectivity index (χ4v) is 6.72. The van der Waals surface area contributed by atoms with E-state index in [0.29, 0.717) is 23.5 Å². The maximum absolute atomic E-state index is 12.4. The maximum atomic E-state index is 12.4. The number of ketones is 1. The van der Waals surface area contributed by atoms with Crippen LogP contribution >= 0.6 is 0 Å². The van der Waals surface area contributed by atoms with Crippen molar-refractivity contribution in [3.05, 3.63) is 11.6 Å². The van der Waals surface area contributed by atoms with E-state index in [1.165, 1.54) is 5.57 Å². The summed E-state index contributed by atoms with van der Waals surface area (Å²) in [6.45, 7) is 4.60. The van der Waals surface area contributed by atoms with Crippen LogP contribution in [-0.2, 0) is 4.79 Å². The maximum Gasteiger partial charge on any atom is 0.139 e. The highest BCUT2D eigenvalue weighted by molar-refractivity contribution is 5.87. The Labute approximate surface area is 139 Å². The Morgan fingerprint density at radius 2 is 1.87 bits per heavy atom. The number of hydrogen-bond acceptors (Lipinski definition) is 2. The highest BCUT2D eigenvalue weighted by atomic mass is 16.3. The highest BCUT2D eigenvalue weighted by Gasteiger charge is 2.59. The Kier molecular flexibility index (Phi) is 3.34. The summed E-state index contributed by atoms with van der Waals surface area (Å²) in [5.74, 6) is 5.08. The van der Waals surface area contributed by atoms with Crippen molar-refractivity contribution in [2.75, 3.05) is 0 Å². The van der Waals surface area contributed by atoms with Gasteiger partial charge in [0.1, 0.15) is 5.78 Å². The lowest BCUT2D eigenvalue weighted by Crippen LogP contribution is -2.52. The molecule has 2 nitrogen and oxygen atoms in total. The minimum atomic E-state index is -0.377. The molecule has 0 bridgehead atoms. The molecular formula is C21H28O2. The summed E-state index contributed by atoms with van der Waals surface area (Å²) in [6, 6.07) is 0. The van der Waals surface area contributed by atoms with Crippen molar-refractivity contribution in [2.24, 2.45) is 34.5 Å². The number of aliphatic hydroxyl groups excluding tert-OH is 1. The molecule has 3 fully saturated rings. The number of carbonyl (C=O) groups is 1. The van der Waals surface area contributed by atoms with E-state index in [0.717, 1.165) is 44.9 Å². The summed E-state index contributed by atoms with van der Waals surface area (Å²) in [5.41, 5.74) is 1.39. The van der Waals surface area contributed by atoms with E-state index in [9.17, 15) is 9.90 Å². The van der Waals surface area contributed by atoms with Crippen LogP contribution in [-0.4, -0.2) is 17.0 Å². The summed E-state index contributed by atoms with van der Waals surface area (Å²) >= 11 is 0. The standard InChI is InChI=1S/C21H28O2/c1-4-13-15-6-5-14-16-7-8-19(23)21(16,3)11-9-17(14)20(15,2)12-10-18(13)22/h1,6,13-14,16-18,22H,5,7-12H2,2-3H3/t13?,14-,16-,17+,18?,20-,21-/m0/s1. The van der Waals surface area contributed by atoms with Crippen LogP contribution in [0, 0.1) is 46.8 Å². The zero-order valence-electron chi connectivity index (χ0n) is 14.3. The summed E-state index contributed by atoms with van der Waals surface area (Å²) in [6.07, 6.45) is 14.7. The van der Waals surface area contributed by atoms with Crippen molar-refractivity contribution in [2.45, 2.75) is 64.9 Å². The van der Waals surface area contributed by atoms with Gasteiger partial charge >= 0.3 is 0 Å². The third-order valence-corrected chi connectivity index (χ3v) is 8.09. The molecule has 4 rings (SSSR count). The van der Waals surface area contributed by atoms with Crippen LogP contribution in [0.2, 0.25) is 0 Å². The molecule has 124 valence electrons. The van der Waals surface area contributed by atoms with Crippen molar-refractivity contribution < 1.29 is 9.90 Å². The SMILES string of the molecule is C#CC1C2=CC[C@@H]3[C@@H](CC[C@]4(C)C(=O)CC[C@@H]34)[C@@]2(C)CCC1O. The number of fused-ring (bicyclic) bond motifs is 5. The van der Waals surface area contributed by atoms with E-state index < -0.39 is 0 Å². The van der Waals surface area contributed by atoms with Gasteiger partial charge in [0.2, 0.25) is 0 Å². The van der Waals surface area contributed by atoms with Crippen LogP contribution in [0.25, 0.3) is 0 Å². The molecule has 0 amide bonds. The summed E-state index contributed by atoms with van der Waals surface area (Å²) in [5, 5.41) is 10.3. The first-order chi connectivity index (χ1) is 10.9. The Morgan fingerprint density at radius 3 is 2.61 bits per heavy atom. The van der Waals surface area contributed by atoms with E-state index in [4.69, 9.17) is 6.42 Å². The van der Waals surface area contributed by atoms with E-state index in [1.807, 2.05) is 0 Å². The molecule has 23 heavy (non-hydrogen) atoms. The lowest BCUT2D eigenvalue weighted by molar-refractivity contribution is -0.132. The monoisotopic (exact) mass is 312 g/mol. The summed E-state index contributed by atoms with van der Waals surface area (Å²) in [4.78, 5) is 12.4. The van der Waals surface area contributed by atoms with Crippen molar-refractivity contribution in [3.63, 3.8) is 0 Å². The fraction of sp³-hybridized carbons (Fsp3) is 0.762. The van der Waals surface area contributed by atoms with E-state index in [-0.39, 0.29) is 22.9 Å². The molecule has 0 aromatic rings. The predicted molar refractivity (Wildman–Crippen MR) is 90.4 cm³/mol. The Morgan fingerprint density at radius 1 is 1.17 bits per heavy atom. The van der Waals surface area contributed by atoms with Crippen molar-refractivity contribution in [3.8, 4) is 12.3 Å². The molecule has 2 unspecified atom stereocenters. The third kappa shape index (κ3) is 1.89. The number of carbonyl (C=O) groups excluding carboxylic acids is 1. The number of hydrogen-bond donors (Lipinski definition) is 1. The number of terminal acetylenes is 1. The van der Waals surface area contributed by atoms with Crippen molar-refractivity contribution >= 4 is 5.78 Å². The number of Topliss-reactive ketones (excluding diaryl/α,β-unsaturated/α-hetero) is 1. The molecule has 0 heterocycles. The summed E-state index contributed by atoms with van der Waals surface area (Å²) in [7, 11) is 0. The second-order valence-corrected chi connectivity index (χ2v) is 8.86. The second-order valence-electron chi connectivity index (χ2n) is 8.86. The normalized spacial score (nSPS) is 52.0.